The predicted octanol–water partition coefficient (Wildman–Crippen LogP) is 2.94. The Hall–Kier alpha value is -1.72. The van der Waals surface area contributed by atoms with Crippen LogP contribution in [0.5, 0.6) is 0 Å². The lowest BCUT2D eigenvalue weighted by atomic mass is 10.3. The second kappa shape index (κ2) is 5.58. The number of nitrogens with zero attached hydrogens (tertiary/aromatic N) is 1. The summed E-state index contributed by atoms with van der Waals surface area (Å²) < 4.78 is 39.9. The third kappa shape index (κ3) is 3.31. The SMILES string of the molecule is Nc1sc(S(=O)(=O)Nc2ccc(Br)cc2F)cc1[N+](=O)[O-]. The summed E-state index contributed by atoms with van der Waals surface area (Å²) in [4.78, 5) is 9.88. The van der Waals surface area contributed by atoms with E-state index in [0.717, 1.165) is 12.1 Å². The molecule has 0 atom stereocenters. The molecule has 0 radical (unpaired) electrons. The van der Waals surface area contributed by atoms with E-state index in [1.807, 2.05) is 4.72 Å². The molecule has 0 bridgehead atoms. The maximum Gasteiger partial charge on any atom is 0.304 e. The lowest BCUT2D eigenvalue weighted by Crippen LogP contribution is -2.12. The van der Waals surface area contributed by atoms with Crippen LogP contribution in [0.3, 0.4) is 0 Å². The van der Waals surface area contributed by atoms with E-state index in [0.29, 0.717) is 15.8 Å². The van der Waals surface area contributed by atoms with Gasteiger partial charge >= 0.3 is 5.69 Å². The molecule has 21 heavy (non-hydrogen) atoms. The molecule has 0 unspecified atom stereocenters. The third-order valence-electron chi connectivity index (χ3n) is 2.35. The van der Waals surface area contributed by atoms with Crippen LogP contribution in [-0.2, 0) is 10.0 Å². The van der Waals surface area contributed by atoms with E-state index in [2.05, 4.69) is 15.9 Å². The van der Waals surface area contributed by atoms with Gasteiger partial charge in [-0.2, -0.15) is 0 Å². The fourth-order valence-corrected chi connectivity index (χ4v) is 4.03. The van der Waals surface area contributed by atoms with Gasteiger partial charge in [0.05, 0.1) is 10.6 Å². The van der Waals surface area contributed by atoms with Gasteiger partial charge in [0.1, 0.15) is 10.0 Å². The largest absolute Gasteiger partial charge is 0.385 e. The smallest absolute Gasteiger partial charge is 0.304 e. The van der Waals surface area contributed by atoms with Crippen LogP contribution in [-0.4, -0.2) is 13.3 Å². The Labute approximate surface area is 130 Å². The molecule has 3 N–H and O–H groups in total. The first kappa shape index (κ1) is 15.7. The second-order valence-corrected chi connectivity index (χ2v) is 7.71. The highest BCUT2D eigenvalue weighted by molar-refractivity contribution is 9.10. The number of sulfonamides is 1. The lowest BCUT2D eigenvalue weighted by molar-refractivity contribution is -0.383. The second-order valence-electron chi connectivity index (χ2n) is 3.80. The number of nitrogens with two attached hydrogens (primary N) is 1. The molecular formula is C10H7BrFN3O4S2. The summed E-state index contributed by atoms with van der Waals surface area (Å²) >= 11 is 3.57. The fraction of sp³-hybridized carbons (Fsp3) is 0. The number of nitrogen functional groups attached to an aromatic ring is 1. The van der Waals surface area contributed by atoms with Crippen molar-refractivity contribution in [3.05, 3.63) is 44.7 Å². The van der Waals surface area contributed by atoms with Crippen molar-refractivity contribution in [1.29, 1.82) is 0 Å². The molecule has 0 saturated heterocycles. The molecule has 0 aliphatic heterocycles. The summed E-state index contributed by atoms with van der Waals surface area (Å²) in [5, 5.41) is 10.4. The summed E-state index contributed by atoms with van der Waals surface area (Å²) in [5.74, 6) is -0.785. The van der Waals surface area contributed by atoms with Crippen molar-refractivity contribution in [2.45, 2.75) is 4.21 Å². The Morgan fingerprint density at radius 1 is 1.38 bits per heavy atom. The lowest BCUT2D eigenvalue weighted by Gasteiger charge is -2.07. The van der Waals surface area contributed by atoms with E-state index in [-0.39, 0.29) is 14.9 Å². The Balaban J connectivity index is 2.38. The maximum absolute atomic E-state index is 13.6. The molecule has 1 heterocycles. The highest BCUT2D eigenvalue weighted by Crippen LogP contribution is 2.35. The molecule has 2 aromatic rings. The zero-order chi connectivity index (χ0) is 15.8. The van der Waals surface area contributed by atoms with Crippen molar-refractivity contribution >= 4 is 53.7 Å². The number of nitrogens with one attached hydrogen (secondary N) is 1. The number of halogens is 2. The Kier molecular flexibility index (Phi) is 4.16. The van der Waals surface area contributed by atoms with E-state index in [1.54, 1.807) is 0 Å². The topological polar surface area (TPSA) is 115 Å². The quantitative estimate of drug-likeness (QED) is 0.609. The van der Waals surface area contributed by atoms with Gasteiger partial charge in [0.15, 0.2) is 5.00 Å². The van der Waals surface area contributed by atoms with Crippen LogP contribution in [0, 0.1) is 15.9 Å². The predicted molar refractivity (Wildman–Crippen MR) is 80.3 cm³/mol. The minimum atomic E-state index is -4.16. The summed E-state index contributed by atoms with van der Waals surface area (Å²) in [5.41, 5.74) is 4.61. The number of rotatable bonds is 4. The minimum absolute atomic E-state index is 0.239. The van der Waals surface area contributed by atoms with Gasteiger partial charge in [-0.3, -0.25) is 14.8 Å². The van der Waals surface area contributed by atoms with Crippen LogP contribution < -0.4 is 10.5 Å². The molecule has 0 spiro atoms. The molecule has 1 aromatic heterocycles. The van der Waals surface area contributed by atoms with Gasteiger partial charge in [0.2, 0.25) is 0 Å². The van der Waals surface area contributed by atoms with Crippen LogP contribution in [0.15, 0.2) is 32.9 Å². The van der Waals surface area contributed by atoms with Crippen molar-refractivity contribution in [1.82, 2.24) is 0 Å². The zero-order valence-electron chi connectivity index (χ0n) is 10.0. The van der Waals surface area contributed by atoms with Crippen molar-refractivity contribution in [3.8, 4) is 0 Å². The van der Waals surface area contributed by atoms with Crippen LogP contribution in [0.1, 0.15) is 0 Å². The summed E-state index contributed by atoms with van der Waals surface area (Å²) in [6, 6.07) is 4.59. The molecule has 2 rings (SSSR count). The first-order chi connectivity index (χ1) is 9.70. The van der Waals surface area contributed by atoms with Crippen molar-refractivity contribution in [2.24, 2.45) is 0 Å². The molecule has 112 valence electrons. The van der Waals surface area contributed by atoms with Crippen molar-refractivity contribution in [2.75, 3.05) is 10.5 Å². The molecule has 11 heteroatoms. The van der Waals surface area contributed by atoms with E-state index in [4.69, 9.17) is 5.73 Å². The van der Waals surface area contributed by atoms with Crippen LogP contribution in [0.4, 0.5) is 20.8 Å². The number of thiophene rings is 1. The molecule has 0 fully saturated rings. The van der Waals surface area contributed by atoms with E-state index in [9.17, 15) is 22.9 Å². The monoisotopic (exact) mass is 395 g/mol. The zero-order valence-corrected chi connectivity index (χ0v) is 13.3. The number of benzene rings is 1. The van der Waals surface area contributed by atoms with E-state index in [1.165, 1.54) is 12.1 Å². The van der Waals surface area contributed by atoms with Gasteiger partial charge < -0.3 is 5.73 Å². The Morgan fingerprint density at radius 3 is 2.57 bits per heavy atom. The minimum Gasteiger partial charge on any atom is -0.385 e. The average Bonchev–Trinajstić information content (AvgIpc) is 2.76. The van der Waals surface area contributed by atoms with E-state index >= 15 is 0 Å². The summed E-state index contributed by atoms with van der Waals surface area (Å²) in [6.07, 6.45) is 0. The van der Waals surface area contributed by atoms with Gasteiger partial charge in [0, 0.05) is 10.5 Å². The first-order valence-corrected chi connectivity index (χ1v) is 8.31. The molecule has 7 nitrogen and oxygen atoms in total. The summed E-state index contributed by atoms with van der Waals surface area (Å²) in [6.45, 7) is 0. The van der Waals surface area contributed by atoms with Gasteiger partial charge in [-0.05, 0) is 18.2 Å². The van der Waals surface area contributed by atoms with Gasteiger partial charge in [-0.25, -0.2) is 12.8 Å². The van der Waals surface area contributed by atoms with Gasteiger partial charge in [0.25, 0.3) is 10.0 Å². The third-order valence-corrected chi connectivity index (χ3v) is 5.64. The molecule has 0 aliphatic rings. The maximum atomic E-state index is 13.6. The fourth-order valence-electron chi connectivity index (χ4n) is 1.42. The molecule has 0 amide bonds. The molecule has 1 aromatic carbocycles. The number of hydrogen-bond acceptors (Lipinski definition) is 6. The number of hydrogen-bond donors (Lipinski definition) is 2. The Bertz CT molecular complexity index is 822. The van der Waals surface area contributed by atoms with Crippen molar-refractivity contribution in [3.63, 3.8) is 0 Å². The summed E-state index contributed by atoms with van der Waals surface area (Å²) in [7, 11) is -4.16. The van der Waals surface area contributed by atoms with Crippen LogP contribution in [0.25, 0.3) is 0 Å². The van der Waals surface area contributed by atoms with Gasteiger partial charge in [-0.1, -0.05) is 27.3 Å². The number of nitro groups is 1. The highest BCUT2D eigenvalue weighted by atomic mass is 79.9. The highest BCUT2D eigenvalue weighted by Gasteiger charge is 2.25. The van der Waals surface area contributed by atoms with Gasteiger partial charge in [-0.15, -0.1) is 0 Å². The van der Waals surface area contributed by atoms with Crippen LogP contribution >= 0.6 is 27.3 Å². The number of anilines is 2. The average molecular weight is 396 g/mol. The molecule has 0 saturated carbocycles. The van der Waals surface area contributed by atoms with Crippen LogP contribution in [0.2, 0.25) is 0 Å². The standard InChI is InChI=1S/C10H7BrFN3O4S2/c11-5-1-2-7(6(12)3-5)14-21(18,19)9-4-8(15(16)17)10(13)20-9/h1-4,14H,13H2. The molecular weight excluding hydrogens is 389 g/mol. The Morgan fingerprint density at radius 2 is 2.05 bits per heavy atom. The van der Waals surface area contributed by atoms with Crippen molar-refractivity contribution < 1.29 is 17.7 Å². The first-order valence-electron chi connectivity index (χ1n) is 5.22. The normalized spacial score (nSPS) is 11.3. The molecule has 0 aliphatic carbocycles. The van der Waals surface area contributed by atoms with E-state index < -0.39 is 26.5 Å².